The van der Waals surface area contributed by atoms with Gasteiger partial charge in [0.25, 0.3) is 11.8 Å². The number of carboxylic acid groups (broad SMARTS) is 1. The van der Waals surface area contributed by atoms with Crippen LogP contribution in [0.5, 0.6) is 0 Å². The summed E-state index contributed by atoms with van der Waals surface area (Å²) in [5.74, 6) is -1.94. The summed E-state index contributed by atoms with van der Waals surface area (Å²) < 4.78 is 0. The standard InChI is InChI=1S/C43H42N6O6S2/c44-42-45-33(26-57-42)34(47-55-43(30-15-7-2-8-16-30,31-17-9-3-10-18-31)32-19-11-4-12-20-32)37(50)46-35-39(52)49-36(41(53)54)29(25-56-40(35)49)23-28-21-22-48(38(28)51)24-27-13-5-1-6-14-27/h2-4,7-12,15-20,23,26-27,35,40H,1,5-6,13-14,21-22,24-25H2,(H2,44,45)(H,46,50)(H,53,54)/b28-23+,47-34-/t35-,40-/m1/s1. The number of allylic oxidation sites excluding steroid dienone is 1. The third kappa shape index (κ3) is 7.46. The molecule has 3 fully saturated rings. The van der Waals surface area contributed by atoms with Crippen LogP contribution in [0, 0.1) is 5.92 Å². The third-order valence-corrected chi connectivity index (χ3v) is 13.0. The molecule has 8 rings (SSSR count). The fraction of sp³-hybridized carbons (Fsp3) is 0.302. The van der Waals surface area contributed by atoms with E-state index in [1.165, 1.54) is 35.9 Å². The van der Waals surface area contributed by atoms with Crippen molar-refractivity contribution in [2.75, 3.05) is 24.6 Å². The van der Waals surface area contributed by atoms with Crippen LogP contribution >= 0.6 is 23.1 Å². The maximum Gasteiger partial charge on any atom is 0.352 e. The van der Waals surface area contributed by atoms with Gasteiger partial charge in [0.1, 0.15) is 22.8 Å². The fourth-order valence-corrected chi connectivity index (χ4v) is 10.1. The number of nitrogens with zero attached hydrogens (tertiary/aromatic N) is 4. The Hall–Kier alpha value is -5.73. The van der Waals surface area contributed by atoms with Crippen molar-refractivity contribution in [2.45, 2.75) is 55.5 Å². The van der Waals surface area contributed by atoms with E-state index in [0.29, 0.717) is 30.0 Å². The first-order valence-electron chi connectivity index (χ1n) is 19.1. The molecule has 3 aromatic carbocycles. The van der Waals surface area contributed by atoms with Crippen molar-refractivity contribution in [3.8, 4) is 0 Å². The van der Waals surface area contributed by atoms with Crippen molar-refractivity contribution in [1.29, 1.82) is 0 Å². The van der Waals surface area contributed by atoms with Crippen LogP contribution < -0.4 is 11.1 Å². The van der Waals surface area contributed by atoms with Gasteiger partial charge in [-0.2, -0.15) is 0 Å². The number of fused-ring (bicyclic) bond motifs is 1. The van der Waals surface area contributed by atoms with Crippen LogP contribution in [0.15, 0.2) is 124 Å². The van der Waals surface area contributed by atoms with Crippen LogP contribution in [0.4, 0.5) is 5.13 Å². The number of amides is 3. The molecule has 4 heterocycles. The van der Waals surface area contributed by atoms with E-state index >= 15 is 0 Å². The number of carboxylic acids is 1. The van der Waals surface area contributed by atoms with Gasteiger partial charge in [-0.05, 0) is 36.8 Å². The molecular weight excluding hydrogens is 761 g/mol. The van der Waals surface area contributed by atoms with Crippen LogP contribution in [0.2, 0.25) is 0 Å². The summed E-state index contributed by atoms with van der Waals surface area (Å²) in [5, 5.41) is 18.8. The molecule has 0 spiro atoms. The highest BCUT2D eigenvalue weighted by atomic mass is 32.2. The lowest BCUT2D eigenvalue weighted by molar-refractivity contribution is -0.150. The average Bonchev–Trinajstić information content (AvgIpc) is 3.83. The Morgan fingerprint density at radius 1 is 0.947 bits per heavy atom. The van der Waals surface area contributed by atoms with Crippen LogP contribution in [-0.4, -0.2) is 79.6 Å². The first-order chi connectivity index (χ1) is 27.7. The monoisotopic (exact) mass is 802 g/mol. The molecule has 0 unspecified atom stereocenters. The van der Waals surface area contributed by atoms with Crippen molar-refractivity contribution >= 4 is 57.6 Å². The number of aliphatic carboxylic acids is 1. The maximum absolute atomic E-state index is 14.3. The molecule has 0 radical (unpaired) electrons. The molecule has 0 bridgehead atoms. The van der Waals surface area contributed by atoms with Crippen LogP contribution in [0.1, 0.15) is 60.9 Å². The van der Waals surface area contributed by atoms with Gasteiger partial charge < -0.3 is 25.9 Å². The molecule has 3 aliphatic heterocycles. The van der Waals surface area contributed by atoms with E-state index in [2.05, 4.69) is 15.5 Å². The number of thioether (sulfide) groups is 1. The zero-order valence-electron chi connectivity index (χ0n) is 31.1. The van der Waals surface area contributed by atoms with Gasteiger partial charge in [0.15, 0.2) is 10.8 Å². The first-order valence-corrected chi connectivity index (χ1v) is 21.0. The van der Waals surface area contributed by atoms with E-state index < -0.39 is 34.8 Å². The molecule has 292 valence electrons. The molecule has 4 N–H and O–H groups in total. The summed E-state index contributed by atoms with van der Waals surface area (Å²) in [6, 6.07) is 27.6. The molecule has 1 aliphatic carbocycles. The summed E-state index contributed by atoms with van der Waals surface area (Å²) >= 11 is 2.45. The van der Waals surface area contributed by atoms with Crippen LogP contribution in [-0.2, 0) is 29.6 Å². The molecule has 4 aliphatic rings. The Bertz CT molecular complexity index is 2160. The molecule has 1 aromatic heterocycles. The van der Waals surface area contributed by atoms with Crippen molar-refractivity contribution in [2.24, 2.45) is 11.1 Å². The second-order valence-corrected chi connectivity index (χ2v) is 16.6. The Balaban J connectivity index is 1.07. The number of nitrogens with two attached hydrogens (primary N) is 1. The SMILES string of the molecule is Nc1nc(/C(=N/OC(c2ccccc2)(c2ccccc2)c2ccccc2)C(=O)N[C@@H]2C(=O)N3C(C(=O)O)=C(/C=C4\CCN(CC5CCCCC5)C4=O)CS[C@H]23)cs1. The Kier molecular flexibility index (Phi) is 11.0. The lowest BCUT2D eigenvalue weighted by atomic mass is 9.80. The summed E-state index contributed by atoms with van der Waals surface area (Å²) in [7, 11) is 0. The number of likely N-dealkylation sites (tertiary alicyclic amines) is 1. The first kappa shape index (κ1) is 38.2. The molecule has 2 saturated heterocycles. The van der Waals surface area contributed by atoms with Crippen LogP contribution in [0.25, 0.3) is 0 Å². The highest BCUT2D eigenvalue weighted by Gasteiger charge is 2.54. The zero-order chi connectivity index (χ0) is 39.5. The van der Waals surface area contributed by atoms with Gasteiger partial charge in [-0.1, -0.05) is 115 Å². The number of carbonyl (C=O) groups excluding carboxylic acids is 3. The largest absolute Gasteiger partial charge is 0.477 e. The minimum Gasteiger partial charge on any atom is -0.477 e. The van der Waals surface area contributed by atoms with Crippen molar-refractivity contribution in [3.63, 3.8) is 0 Å². The van der Waals surface area contributed by atoms with Gasteiger partial charge in [-0.3, -0.25) is 19.3 Å². The number of rotatable bonds is 12. The smallest absolute Gasteiger partial charge is 0.352 e. The second-order valence-electron chi connectivity index (χ2n) is 14.6. The van der Waals surface area contributed by atoms with Crippen LogP contribution in [0.3, 0.4) is 0 Å². The third-order valence-electron chi connectivity index (χ3n) is 11.0. The summed E-state index contributed by atoms with van der Waals surface area (Å²) in [6.45, 7) is 1.32. The normalized spacial score (nSPS) is 21.1. The topological polar surface area (TPSA) is 168 Å². The van der Waals surface area contributed by atoms with E-state index in [1.807, 2.05) is 95.9 Å². The molecule has 1 saturated carbocycles. The highest BCUT2D eigenvalue weighted by Crippen LogP contribution is 2.43. The maximum atomic E-state index is 14.3. The summed E-state index contributed by atoms with van der Waals surface area (Å²) in [5.41, 5.74) is 7.69. The lowest BCUT2D eigenvalue weighted by Crippen LogP contribution is -2.71. The van der Waals surface area contributed by atoms with Gasteiger partial charge in [0, 0.05) is 46.5 Å². The number of hydrogen-bond acceptors (Lipinski definition) is 10. The fourth-order valence-electron chi connectivity index (χ4n) is 8.22. The molecular formula is C43H42N6O6S2. The highest BCUT2D eigenvalue weighted by molar-refractivity contribution is 8.00. The number of oxime groups is 1. The predicted molar refractivity (Wildman–Crippen MR) is 219 cm³/mol. The molecule has 3 amide bonds. The lowest BCUT2D eigenvalue weighted by Gasteiger charge is -2.49. The van der Waals surface area contributed by atoms with Crippen molar-refractivity contribution < 1.29 is 29.1 Å². The Labute approximate surface area is 338 Å². The van der Waals surface area contributed by atoms with Gasteiger partial charge in [-0.25, -0.2) is 9.78 Å². The number of β-lactam (4-membered cyclic amide) rings is 1. The van der Waals surface area contributed by atoms with Crippen molar-refractivity contribution in [3.05, 3.63) is 142 Å². The molecule has 4 aromatic rings. The number of nitrogen functional groups attached to an aromatic ring is 1. The molecule has 14 heteroatoms. The van der Waals surface area contributed by atoms with Gasteiger partial charge in [0.05, 0.1) is 0 Å². The Morgan fingerprint density at radius 2 is 1.56 bits per heavy atom. The van der Waals surface area contributed by atoms with E-state index in [1.54, 1.807) is 11.5 Å². The number of hydrogen-bond donors (Lipinski definition) is 3. The number of nitrogens with one attached hydrogen (secondary N) is 1. The van der Waals surface area contributed by atoms with Gasteiger partial charge >= 0.3 is 5.97 Å². The van der Waals surface area contributed by atoms with E-state index in [0.717, 1.165) is 47.4 Å². The average molecular weight is 803 g/mol. The quantitative estimate of drug-likeness (QED) is 0.0519. The second kappa shape index (κ2) is 16.4. The molecule has 2 atom stereocenters. The van der Waals surface area contributed by atoms with E-state index in [-0.39, 0.29) is 33.9 Å². The number of carbonyl (C=O) groups is 4. The van der Waals surface area contributed by atoms with Gasteiger partial charge in [0.2, 0.25) is 11.5 Å². The number of benzene rings is 3. The van der Waals surface area contributed by atoms with Gasteiger partial charge in [-0.15, -0.1) is 23.1 Å². The Morgan fingerprint density at radius 3 is 2.12 bits per heavy atom. The van der Waals surface area contributed by atoms with E-state index in [9.17, 15) is 24.3 Å². The number of aromatic nitrogens is 1. The van der Waals surface area contributed by atoms with E-state index in [4.69, 9.17) is 10.6 Å². The number of anilines is 1. The van der Waals surface area contributed by atoms with Crippen molar-refractivity contribution in [1.82, 2.24) is 20.1 Å². The molecule has 12 nitrogen and oxygen atoms in total. The predicted octanol–water partition coefficient (Wildman–Crippen LogP) is 5.92. The minimum absolute atomic E-state index is 0.0717. The number of thiazole rings is 1. The molecule has 57 heavy (non-hydrogen) atoms. The minimum atomic E-state index is -1.31. The zero-order valence-corrected chi connectivity index (χ0v) is 32.7. The summed E-state index contributed by atoms with van der Waals surface area (Å²) in [4.78, 5) is 68.2. The summed E-state index contributed by atoms with van der Waals surface area (Å²) in [6.07, 6.45) is 8.04.